The highest BCUT2D eigenvalue weighted by atomic mass is 127. The standard InChI is InChI=1S/C20H31N3O3.HI/c1-16-6-8-17(9-7-16)24-13-4-10-22-20(21-2)23-11-14-26-19(15-23)18-5-3-12-25-18;/h6-9,18-19H,3-5,10-15H2,1-2H3,(H,21,22);1H. The molecule has 0 bridgehead atoms. The summed E-state index contributed by atoms with van der Waals surface area (Å²) in [7, 11) is 1.83. The highest BCUT2D eigenvalue weighted by Crippen LogP contribution is 2.21. The molecule has 2 heterocycles. The minimum Gasteiger partial charge on any atom is -0.494 e. The van der Waals surface area contributed by atoms with Crippen molar-refractivity contribution in [2.45, 2.75) is 38.4 Å². The third-order valence-corrected chi connectivity index (χ3v) is 4.88. The Bertz CT molecular complexity index is 576. The molecule has 27 heavy (non-hydrogen) atoms. The van der Waals surface area contributed by atoms with Crippen molar-refractivity contribution in [3.05, 3.63) is 29.8 Å². The molecule has 2 atom stereocenters. The number of aliphatic imine (C=N–C) groups is 1. The zero-order valence-electron chi connectivity index (χ0n) is 16.4. The van der Waals surface area contributed by atoms with Crippen molar-refractivity contribution in [3.8, 4) is 5.75 Å². The molecule has 3 rings (SSSR count). The SMILES string of the molecule is CN=C(NCCCOc1ccc(C)cc1)N1CCOC(C2CCCO2)C1.I. The van der Waals surface area contributed by atoms with Crippen LogP contribution in [0.4, 0.5) is 0 Å². The molecule has 7 heteroatoms. The van der Waals surface area contributed by atoms with Gasteiger partial charge in [-0.3, -0.25) is 4.99 Å². The Kier molecular flexibility index (Phi) is 9.64. The van der Waals surface area contributed by atoms with Gasteiger partial charge in [0.25, 0.3) is 0 Å². The molecule has 1 aromatic carbocycles. The van der Waals surface area contributed by atoms with E-state index in [4.69, 9.17) is 14.2 Å². The van der Waals surface area contributed by atoms with Gasteiger partial charge in [0.05, 0.1) is 19.3 Å². The van der Waals surface area contributed by atoms with Crippen molar-refractivity contribution < 1.29 is 14.2 Å². The molecule has 0 amide bonds. The minimum atomic E-state index is 0. The van der Waals surface area contributed by atoms with Crippen molar-refractivity contribution in [1.29, 1.82) is 0 Å². The molecule has 6 nitrogen and oxygen atoms in total. The maximum Gasteiger partial charge on any atom is 0.193 e. The molecule has 152 valence electrons. The van der Waals surface area contributed by atoms with E-state index in [9.17, 15) is 0 Å². The van der Waals surface area contributed by atoms with Crippen LogP contribution in [-0.4, -0.2) is 69.6 Å². The molecule has 1 N–H and O–H groups in total. The second-order valence-corrected chi connectivity index (χ2v) is 6.90. The second-order valence-electron chi connectivity index (χ2n) is 6.90. The summed E-state index contributed by atoms with van der Waals surface area (Å²) in [6, 6.07) is 8.16. The minimum absolute atomic E-state index is 0. The lowest BCUT2D eigenvalue weighted by molar-refractivity contribution is -0.0816. The lowest BCUT2D eigenvalue weighted by Crippen LogP contribution is -2.53. The van der Waals surface area contributed by atoms with Gasteiger partial charge < -0.3 is 24.4 Å². The number of guanidine groups is 1. The molecule has 0 saturated carbocycles. The first-order valence-corrected chi connectivity index (χ1v) is 9.64. The Morgan fingerprint density at radius 3 is 2.70 bits per heavy atom. The molecule has 0 radical (unpaired) electrons. The molecule has 2 unspecified atom stereocenters. The number of hydrogen-bond acceptors (Lipinski definition) is 4. The van der Waals surface area contributed by atoms with Gasteiger partial charge in [-0.15, -0.1) is 24.0 Å². The van der Waals surface area contributed by atoms with E-state index in [1.54, 1.807) is 0 Å². The largest absolute Gasteiger partial charge is 0.494 e. The summed E-state index contributed by atoms with van der Waals surface area (Å²) in [4.78, 5) is 6.71. The Morgan fingerprint density at radius 2 is 2.00 bits per heavy atom. The van der Waals surface area contributed by atoms with E-state index >= 15 is 0 Å². The van der Waals surface area contributed by atoms with Gasteiger partial charge in [-0.05, 0) is 38.3 Å². The Hall–Kier alpha value is -1.06. The fraction of sp³-hybridized carbons (Fsp3) is 0.650. The Morgan fingerprint density at radius 1 is 1.22 bits per heavy atom. The summed E-state index contributed by atoms with van der Waals surface area (Å²) in [6.45, 7) is 6.89. The number of aryl methyl sites for hydroxylation is 1. The summed E-state index contributed by atoms with van der Waals surface area (Å²) in [5, 5.41) is 3.45. The predicted molar refractivity (Wildman–Crippen MR) is 118 cm³/mol. The molecule has 2 fully saturated rings. The van der Waals surface area contributed by atoms with Crippen LogP contribution in [0.25, 0.3) is 0 Å². The van der Waals surface area contributed by atoms with Crippen LogP contribution in [0.5, 0.6) is 5.75 Å². The van der Waals surface area contributed by atoms with E-state index < -0.39 is 0 Å². The Labute approximate surface area is 179 Å². The van der Waals surface area contributed by atoms with Crippen molar-refractivity contribution in [2.24, 2.45) is 4.99 Å². The molecule has 0 spiro atoms. The normalized spacial score (nSPS) is 23.0. The second kappa shape index (κ2) is 11.7. The highest BCUT2D eigenvalue weighted by Gasteiger charge is 2.32. The molecule has 2 aliphatic heterocycles. The quantitative estimate of drug-likeness (QED) is 0.288. The lowest BCUT2D eigenvalue weighted by atomic mass is 10.1. The summed E-state index contributed by atoms with van der Waals surface area (Å²) < 4.78 is 17.5. The summed E-state index contributed by atoms with van der Waals surface area (Å²) in [6.07, 6.45) is 3.54. The number of morpholine rings is 1. The molecule has 2 aliphatic rings. The van der Waals surface area contributed by atoms with Crippen molar-refractivity contribution in [3.63, 3.8) is 0 Å². The van der Waals surface area contributed by atoms with Gasteiger partial charge in [0.15, 0.2) is 5.96 Å². The van der Waals surface area contributed by atoms with E-state index in [0.29, 0.717) is 6.61 Å². The number of halogens is 1. The maximum atomic E-state index is 5.92. The molecular weight excluding hydrogens is 457 g/mol. The van der Waals surface area contributed by atoms with Gasteiger partial charge >= 0.3 is 0 Å². The van der Waals surface area contributed by atoms with Crippen LogP contribution < -0.4 is 10.1 Å². The monoisotopic (exact) mass is 489 g/mol. The fourth-order valence-corrected chi connectivity index (χ4v) is 3.42. The fourth-order valence-electron chi connectivity index (χ4n) is 3.42. The maximum absolute atomic E-state index is 5.92. The van der Waals surface area contributed by atoms with E-state index in [-0.39, 0.29) is 36.2 Å². The van der Waals surface area contributed by atoms with Gasteiger partial charge in [0.2, 0.25) is 0 Å². The number of nitrogens with one attached hydrogen (secondary N) is 1. The van der Waals surface area contributed by atoms with Crippen LogP contribution in [-0.2, 0) is 9.47 Å². The molecule has 2 saturated heterocycles. The van der Waals surface area contributed by atoms with Crippen molar-refractivity contribution >= 4 is 29.9 Å². The van der Waals surface area contributed by atoms with Gasteiger partial charge in [0, 0.05) is 33.3 Å². The van der Waals surface area contributed by atoms with Gasteiger partial charge in [-0.25, -0.2) is 0 Å². The van der Waals surface area contributed by atoms with Gasteiger partial charge in [-0.1, -0.05) is 17.7 Å². The topological polar surface area (TPSA) is 55.3 Å². The molecule has 0 aromatic heterocycles. The number of ether oxygens (including phenoxy) is 3. The Balaban J connectivity index is 0.00000261. The van der Waals surface area contributed by atoms with Crippen LogP contribution in [0.2, 0.25) is 0 Å². The van der Waals surface area contributed by atoms with E-state index in [2.05, 4.69) is 34.3 Å². The third kappa shape index (κ3) is 6.80. The summed E-state index contributed by atoms with van der Waals surface area (Å²) in [5.74, 6) is 1.86. The lowest BCUT2D eigenvalue weighted by Gasteiger charge is -2.37. The van der Waals surface area contributed by atoms with E-state index in [0.717, 1.165) is 63.8 Å². The number of hydrogen-bond donors (Lipinski definition) is 1. The van der Waals surface area contributed by atoms with Crippen molar-refractivity contribution in [2.75, 3.05) is 46.5 Å². The number of rotatable bonds is 6. The summed E-state index contributed by atoms with van der Waals surface area (Å²) in [5.41, 5.74) is 1.25. The summed E-state index contributed by atoms with van der Waals surface area (Å²) >= 11 is 0. The van der Waals surface area contributed by atoms with E-state index in [1.807, 2.05) is 19.2 Å². The highest BCUT2D eigenvalue weighted by molar-refractivity contribution is 14.0. The first kappa shape index (κ1) is 22.2. The van der Waals surface area contributed by atoms with Gasteiger partial charge in [-0.2, -0.15) is 0 Å². The average molecular weight is 489 g/mol. The van der Waals surface area contributed by atoms with E-state index in [1.165, 1.54) is 5.56 Å². The van der Waals surface area contributed by atoms with Crippen LogP contribution in [0.15, 0.2) is 29.3 Å². The first-order chi connectivity index (χ1) is 12.8. The van der Waals surface area contributed by atoms with Gasteiger partial charge in [0.1, 0.15) is 11.9 Å². The molecular formula is C20H32IN3O3. The van der Waals surface area contributed by atoms with Crippen LogP contribution >= 0.6 is 24.0 Å². The zero-order valence-corrected chi connectivity index (χ0v) is 18.7. The average Bonchev–Trinajstić information content (AvgIpc) is 3.21. The molecule has 1 aromatic rings. The first-order valence-electron chi connectivity index (χ1n) is 9.64. The van der Waals surface area contributed by atoms with Crippen LogP contribution in [0.1, 0.15) is 24.8 Å². The predicted octanol–water partition coefficient (Wildman–Crippen LogP) is 2.84. The third-order valence-electron chi connectivity index (χ3n) is 4.88. The number of nitrogens with zero attached hydrogens (tertiary/aromatic N) is 2. The molecule has 0 aliphatic carbocycles. The van der Waals surface area contributed by atoms with Crippen LogP contribution in [0, 0.1) is 6.92 Å². The van der Waals surface area contributed by atoms with Crippen LogP contribution in [0.3, 0.4) is 0 Å². The zero-order chi connectivity index (χ0) is 18.2. The van der Waals surface area contributed by atoms with Crippen molar-refractivity contribution in [1.82, 2.24) is 10.2 Å². The smallest absolute Gasteiger partial charge is 0.193 e. The number of benzene rings is 1.